The first-order valence-electron chi connectivity index (χ1n) is 7.26. The number of halogens is 2. The molecule has 24 heavy (non-hydrogen) atoms. The van der Waals surface area contributed by atoms with Gasteiger partial charge in [-0.25, -0.2) is 9.37 Å². The molecule has 1 heterocycles. The maximum atomic E-state index is 13.1. The van der Waals surface area contributed by atoms with E-state index in [1.807, 2.05) is 31.2 Å². The second kappa shape index (κ2) is 7.20. The van der Waals surface area contributed by atoms with E-state index in [0.717, 1.165) is 16.8 Å². The van der Waals surface area contributed by atoms with Gasteiger partial charge in [0.15, 0.2) is 5.03 Å². The molecule has 6 heteroatoms. The highest BCUT2D eigenvalue weighted by Crippen LogP contribution is 2.24. The van der Waals surface area contributed by atoms with Gasteiger partial charge < -0.3 is 0 Å². The molecule has 0 saturated carbocycles. The molecule has 2 aromatic carbocycles. The van der Waals surface area contributed by atoms with Crippen molar-refractivity contribution in [2.75, 3.05) is 0 Å². The fourth-order valence-corrected chi connectivity index (χ4v) is 3.40. The molecule has 0 aliphatic rings. The first-order chi connectivity index (χ1) is 11.5. The summed E-state index contributed by atoms with van der Waals surface area (Å²) in [4.78, 5) is 16.8. The number of hydrogen-bond acceptors (Lipinski definition) is 3. The van der Waals surface area contributed by atoms with E-state index in [9.17, 15) is 9.18 Å². The van der Waals surface area contributed by atoms with Crippen molar-refractivity contribution < 1.29 is 4.39 Å². The third-order valence-electron chi connectivity index (χ3n) is 3.50. The predicted octanol–water partition coefficient (Wildman–Crippen LogP) is 4.63. The summed E-state index contributed by atoms with van der Waals surface area (Å²) in [5.74, 6) is 0.0625. The van der Waals surface area contributed by atoms with Crippen LogP contribution in [-0.4, -0.2) is 9.55 Å². The molecule has 0 saturated heterocycles. The third-order valence-corrected chi connectivity index (χ3v) is 4.86. The van der Waals surface area contributed by atoms with Gasteiger partial charge in [0.1, 0.15) is 5.82 Å². The van der Waals surface area contributed by atoms with Gasteiger partial charge in [-0.05, 0) is 36.8 Å². The summed E-state index contributed by atoms with van der Waals surface area (Å²) in [7, 11) is 0. The van der Waals surface area contributed by atoms with Gasteiger partial charge in [0, 0.05) is 28.9 Å². The highest BCUT2D eigenvalue weighted by Gasteiger charge is 2.09. The van der Waals surface area contributed by atoms with E-state index in [2.05, 4.69) is 4.98 Å². The van der Waals surface area contributed by atoms with Crippen LogP contribution >= 0.6 is 23.4 Å². The summed E-state index contributed by atoms with van der Waals surface area (Å²) in [5.41, 5.74) is 2.48. The zero-order valence-electron chi connectivity index (χ0n) is 12.9. The summed E-state index contributed by atoms with van der Waals surface area (Å²) in [6.45, 7) is 1.99. The van der Waals surface area contributed by atoms with Crippen LogP contribution < -0.4 is 5.56 Å². The van der Waals surface area contributed by atoms with Crippen LogP contribution in [0.2, 0.25) is 5.02 Å². The number of benzene rings is 2. The Balaban J connectivity index is 1.85. The van der Waals surface area contributed by atoms with Crippen LogP contribution in [0.15, 0.2) is 64.7 Å². The van der Waals surface area contributed by atoms with Crippen LogP contribution in [0, 0.1) is 12.7 Å². The summed E-state index contributed by atoms with van der Waals surface area (Å²) in [5, 5.41) is 0.718. The largest absolute Gasteiger partial charge is 0.287 e. The molecule has 3 rings (SSSR count). The van der Waals surface area contributed by atoms with Crippen LogP contribution in [0.3, 0.4) is 0 Å². The molecule has 0 bridgehead atoms. The minimum absolute atomic E-state index is 0.190. The fraction of sp³-hybridized carbons (Fsp3) is 0.111. The lowest BCUT2D eigenvalue weighted by Crippen LogP contribution is -2.20. The summed E-state index contributed by atoms with van der Waals surface area (Å²) < 4.78 is 14.6. The molecule has 3 aromatic rings. The Morgan fingerprint density at radius 1 is 1.21 bits per heavy atom. The minimum atomic E-state index is -0.381. The van der Waals surface area contributed by atoms with E-state index in [1.54, 1.807) is 23.0 Å². The maximum absolute atomic E-state index is 13.1. The lowest BCUT2D eigenvalue weighted by atomic mass is 10.2. The molecule has 0 spiro atoms. The quantitative estimate of drug-likeness (QED) is 0.636. The Kier molecular flexibility index (Phi) is 5.02. The second-order valence-electron chi connectivity index (χ2n) is 5.27. The predicted molar refractivity (Wildman–Crippen MR) is 95.5 cm³/mol. The number of aryl methyl sites for hydroxylation is 1. The number of nitrogens with zero attached hydrogens (tertiary/aromatic N) is 2. The van der Waals surface area contributed by atoms with Crippen molar-refractivity contribution >= 4 is 23.4 Å². The monoisotopic (exact) mass is 360 g/mol. The van der Waals surface area contributed by atoms with E-state index in [-0.39, 0.29) is 11.4 Å². The Labute approximate surface area is 148 Å². The standard InChI is InChI=1S/C18H14ClFN2OS/c1-12-2-6-15(7-3-12)22-9-8-21-17(18(22)23)24-11-13-4-5-14(20)10-16(13)19/h2-10H,11H2,1H3. The number of rotatable bonds is 4. The molecule has 3 nitrogen and oxygen atoms in total. The van der Waals surface area contributed by atoms with E-state index in [1.165, 1.54) is 23.9 Å². The first kappa shape index (κ1) is 16.7. The second-order valence-corrected chi connectivity index (χ2v) is 6.64. The molecule has 0 N–H and O–H groups in total. The van der Waals surface area contributed by atoms with Crippen molar-refractivity contribution in [2.45, 2.75) is 17.7 Å². The van der Waals surface area contributed by atoms with Gasteiger partial charge in [-0.15, -0.1) is 0 Å². The molecule has 0 aliphatic carbocycles. The molecule has 1 aromatic heterocycles. The van der Waals surface area contributed by atoms with E-state index in [4.69, 9.17) is 11.6 Å². The normalized spacial score (nSPS) is 10.8. The topological polar surface area (TPSA) is 34.9 Å². The van der Waals surface area contributed by atoms with Crippen molar-refractivity contribution in [3.8, 4) is 5.69 Å². The molecule has 0 amide bonds. The fourth-order valence-electron chi connectivity index (χ4n) is 2.19. The lowest BCUT2D eigenvalue weighted by molar-refractivity contribution is 0.627. The number of hydrogen-bond donors (Lipinski definition) is 0. The van der Waals surface area contributed by atoms with Gasteiger partial charge in [0.05, 0.1) is 0 Å². The zero-order valence-corrected chi connectivity index (χ0v) is 14.4. The Bertz CT molecular complexity index is 925. The average Bonchev–Trinajstić information content (AvgIpc) is 2.56. The van der Waals surface area contributed by atoms with Crippen LogP contribution in [0.25, 0.3) is 5.69 Å². The molecule has 0 aliphatic heterocycles. The molecule has 0 unspecified atom stereocenters. The summed E-state index contributed by atoms with van der Waals surface area (Å²) in [6, 6.07) is 11.9. The Hall–Kier alpha value is -2.11. The highest BCUT2D eigenvalue weighted by atomic mass is 35.5. The lowest BCUT2D eigenvalue weighted by Gasteiger charge is -2.08. The van der Waals surface area contributed by atoms with Crippen molar-refractivity contribution in [2.24, 2.45) is 0 Å². The smallest absolute Gasteiger partial charge is 0.280 e. The molecule has 122 valence electrons. The van der Waals surface area contributed by atoms with Crippen LogP contribution in [0.1, 0.15) is 11.1 Å². The molecule has 0 radical (unpaired) electrons. The third kappa shape index (κ3) is 3.68. The van der Waals surface area contributed by atoms with E-state index >= 15 is 0 Å². The molecule has 0 fully saturated rings. The van der Waals surface area contributed by atoms with Crippen LogP contribution in [0.4, 0.5) is 4.39 Å². The van der Waals surface area contributed by atoms with Crippen molar-refractivity contribution in [3.05, 3.63) is 87.2 Å². The van der Waals surface area contributed by atoms with E-state index < -0.39 is 0 Å². The summed E-state index contributed by atoms with van der Waals surface area (Å²) >= 11 is 7.30. The van der Waals surface area contributed by atoms with Gasteiger partial charge in [-0.2, -0.15) is 0 Å². The Morgan fingerprint density at radius 2 is 1.96 bits per heavy atom. The van der Waals surface area contributed by atoms with Crippen molar-refractivity contribution in [1.29, 1.82) is 0 Å². The van der Waals surface area contributed by atoms with Crippen molar-refractivity contribution in [1.82, 2.24) is 9.55 Å². The van der Waals surface area contributed by atoms with Gasteiger partial charge >= 0.3 is 0 Å². The van der Waals surface area contributed by atoms with Gasteiger partial charge in [0.25, 0.3) is 5.56 Å². The molecular weight excluding hydrogens is 347 g/mol. The first-order valence-corrected chi connectivity index (χ1v) is 8.62. The van der Waals surface area contributed by atoms with Gasteiger partial charge in [0.2, 0.25) is 0 Å². The van der Waals surface area contributed by atoms with Crippen LogP contribution in [-0.2, 0) is 5.75 Å². The van der Waals surface area contributed by atoms with Gasteiger partial charge in [-0.3, -0.25) is 9.36 Å². The van der Waals surface area contributed by atoms with Crippen molar-refractivity contribution in [3.63, 3.8) is 0 Å². The molecule has 0 atom stereocenters. The number of aromatic nitrogens is 2. The minimum Gasteiger partial charge on any atom is -0.280 e. The Morgan fingerprint density at radius 3 is 2.67 bits per heavy atom. The average molecular weight is 361 g/mol. The maximum Gasteiger partial charge on any atom is 0.287 e. The molecular formula is C18H14ClFN2OS. The van der Waals surface area contributed by atoms with E-state index in [0.29, 0.717) is 15.8 Å². The summed E-state index contributed by atoms with van der Waals surface area (Å²) in [6.07, 6.45) is 3.23. The highest BCUT2D eigenvalue weighted by molar-refractivity contribution is 7.98. The SMILES string of the molecule is Cc1ccc(-n2ccnc(SCc3ccc(F)cc3Cl)c2=O)cc1. The number of thioether (sulfide) groups is 1. The van der Waals surface area contributed by atoms with Gasteiger partial charge in [-0.1, -0.05) is 47.1 Å². The zero-order chi connectivity index (χ0) is 17.1. The van der Waals surface area contributed by atoms with Crippen LogP contribution in [0.5, 0.6) is 0 Å².